The topological polar surface area (TPSA) is 41.1 Å². The largest absolute Gasteiger partial charge is 0.322 e. The molecule has 1 heterocycles. The van der Waals surface area contributed by atoms with E-state index in [-0.39, 0.29) is 5.91 Å². The van der Waals surface area contributed by atoms with Crippen molar-refractivity contribution >= 4 is 34.5 Å². The zero-order valence-corrected chi connectivity index (χ0v) is 14.5. The lowest BCUT2D eigenvalue weighted by Crippen LogP contribution is -2.14. The van der Waals surface area contributed by atoms with Crippen LogP contribution in [0.5, 0.6) is 0 Å². The van der Waals surface area contributed by atoms with Crippen LogP contribution in [0.3, 0.4) is 0 Å². The van der Waals surface area contributed by atoms with Crippen molar-refractivity contribution in [2.75, 3.05) is 5.32 Å². The van der Waals surface area contributed by atoms with Gasteiger partial charge in [0.2, 0.25) is 0 Å². The third-order valence-electron chi connectivity index (χ3n) is 3.51. The number of thiophene rings is 1. The van der Waals surface area contributed by atoms with E-state index in [1.807, 2.05) is 30.3 Å². The van der Waals surface area contributed by atoms with Gasteiger partial charge in [0.25, 0.3) is 5.91 Å². The minimum absolute atomic E-state index is 0.204. The van der Waals surface area contributed by atoms with Crippen LogP contribution in [0.4, 0.5) is 5.69 Å². The van der Waals surface area contributed by atoms with Gasteiger partial charge in [-0.15, -0.1) is 11.3 Å². The summed E-state index contributed by atoms with van der Waals surface area (Å²) in [7, 11) is 0. The molecule has 0 atom stereocenters. The van der Waals surface area contributed by atoms with Crippen molar-refractivity contribution in [2.45, 2.75) is 13.1 Å². The number of carbonyl (C=O) groups excluding carboxylic acids is 1. The van der Waals surface area contributed by atoms with Crippen molar-refractivity contribution < 1.29 is 4.79 Å². The molecule has 0 aliphatic rings. The maximum absolute atomic E-state index is 12.3. The second-order valence-electron chi connectivity index (χ2n) is 5.32. The molecule has 0 radical (unpaired) electrons. The Kier molecular flexibility index (Phi) is 5.64. The molecule has 3 aromatic rings. The van der Waals surface area contributed by atoms with E-state index >= 15 is 0 Å². The molecule has 0 aliphatic heterocycles. The summed E-state index contributed by atoms with van der Waals surface area (Å²) < 4.78 is 0. The summed E-state index contributed by atoms with van der Waals surface area (Å²) in [5.41, 5.74) is 2.35. The molecule has 0 saturated heterocycles. The molecule has 1 aromatic heterocycles. The lowest BCUT2D eigenvalue weighted by Gasteiger charge is -2.09. The van der Waals surface area contributed by atoms with E-state index < -0.39 is 0 Å². The van der Waals surface area contributed by atoms with Gasteiger partial charge in [0.1, 0.15) is 0 Å². The SMILES string of the molecule is O=C(Nc1cccc(CNCc2cccs2)c1)c1ccccc1Cl. The van der Waals surface area contributed by atoms with Crippen LogP contribution in [0.15, 0.2) is 66.0 Å². The third kappa shape index (κ3) is 4.45. The van der Waals surface area contributed by atoms with Crippen molar-refractivity contribution in [1.82, 2.24) is 5.32 Å². The molecular weight excluding hydrogens is 340 g/mol. The molecule has 24 heavy (non-hydrogen) atoms. The smallest absolute Gasteiger partial charge is 0.257 e. The van der Waals surface area contributed by atoms with E-state index in [2.05, 4.69) is 22.1 Å². The first-order valence-corrected chi connectivity index (χ1v) is 8.86. The summed E-state index contributed by atoms with van der Waals surface area (Å²) in [6.07, 6.45) is 0. The van der Waals surface area contributed by atoms with E-state index in [4.69, 9.17) is 11.6 Å². The number of halogens is 1. The maximum Gasteiger partial charge on any atom is 0.257 e. The number of amides is 1. The van der Waals surface area contributed by atoms with Crippen LogP contribution in [-0.4, -0.2) is 5.91 Å². The fourth-order valence-electron chi connectivity index (χ4n) is 2.35. The number of benzene rings is 2. The fraction of sp³-hybridized carbons (Fsp3) is 0.105. The molecule has 122 valence electrons. The maximum atomic E-state index is 12.3. The summed E-state index contributed by atoms with van der Waals surface area (Å²) in [6.45, 7) is 1.58. The van der Waals surface area contributed by atoms with E-state index in [0.29, 0.717) is 10.6 Å². The first-order valence-electron chi connectivity index (χ1n) is 7.60. The van der Waals surface area contributed by atoms with E-state index in [1.165, 1.54) is 4.88 Å². The first-order chi connectivity index (χ1) is 11.7. The average Bonchev–Trinajstić information content (AvgIpc) is 3.09. The molecule has 0 unspecified atom stereocenters. The van der Waals surface area contributed by atoms with Crippen LogP contribution in [0.2, 0.25) is 5.02 Å². The quantitative estimate of drug-likeness (QED) is 0.656. The molecule has 1 amide bonds. The molecule has 0 fully saturated rings. The Morgan fingerprint density at radius 1 is 1.00 bits per heavy atom. The Labute approximate surface area is 150 Å². The summed E-state index contributed by atoms with van der Waals surface area (Å²) in [5, 5.41) is 8.82. The molecule has 0 spiro atoms. The van der Waals surface area contributed by atoms with Gasteiger partial charge in [-0.3, -0.25) is 4.79 Å². The summed E-state index contributed by atoms with van der Waals surface area (Å²) in [5.74, 6) is -0.204. The van der Waals surface area contributed by atoms with Gasteiger partial charge >= 0.3 is 0 Å². The highest BCUT2D eigenvalue weighted by atomic mass is 35.5. The normalized spacial score (nSPS) is 10.5. The minimum Gasteiger partial charge on any atom is -0.322 e. The predicted molar refractivity (Wildman–Crippen MR) is 101 cm³/mol. The van der Waals surface area contributed by atoms with Gasteiger partial charge in [-0.05, 0) is 41.3 Å². The Bertz CT molecular complexity index is 818. The van der Waals surface area contributed by atoms with Gasteiger partial charge < -0.3 is 10.6 Å². The Hall–Kier alpha value is -2.14. The summed E-state index contributed by atoms with van der Waals surface area (Å²) in [4.78, 5) is 13.6. The monoisotopic (exact) mass is 356 g/mol. The predicted octanol–water partition coefficient (Wildman–Crippen LogP) is 4.94. The molecule has 0 saturated carbocycles. The van der Waals surface area contributed by atoms with Crippen molar-refractivity contribution in [2.24, 2.45) is 0 Å². The highest BCUT2D eigenvalue weighted by Crippen LogP contribution is 2.18. The molecule has 5 heteroatoms. The van der Waals surface area contributed by atoms with Gasteiger partial charge in [0.15, 0.2) is 0 Å². The van der Waals surface area contributed by atoms with Crippen molar-refractivity contribution in [3.05, 3.63) is 87.1 Å². The first kappa shape index (κ1) is 16.7. The third-order valence-corrected chi connectivity index (χ3v) is 4.72. The van der Waals surface area contributed by atoms with Gasteiger partial charge in [0.05, 0.1) is 10.6 Å². The fourth-order valence-corrected chi connectivity index (χ4v) is 3.24. The molecule has 3 nitrogen and oxygen atoms in total. The van der Waals surface area contributed by atoms with Crippen molar-refractivity contribution in [1.29, 1.82) is 0 Å². The Balaban J connectivity index is 1.60. The number of hydrogen-bond acceptors (Lipinski definition) is 3. The molecular formula is C19H17ClN2OS. The second-order valence-corrected chi connectivity index (χ2v) is 6.76. The van der Waals surface area contributed by atoms with Gasteiger partial charge in [-0.25, -0.2) is 0 Å². The van der Waals surface area contributed by atoms with E-state index in [1.54, 1.807) is 35.6 Å². The van der Waals surface area contributed by atoms with Crippen LogP contribution in [0, 0.1) is 0 Å². The zero-order valence-electron chi connectivity index (χ0n) is 13.0. The lowest BCUT2D eigenvalue weighted by atomic mass is 10.1. The molecule has 2 N–H and O–H groups in total. The van der Waals surface area contributed by atoms with Gasteiger partial charge in [-0.1, -0.05) is 41.9 Å². The minimum atomic E-state index is -0.204. The number of nitrogens with one attached hydrogen (secondary N) is 2. The van der Waals surface area contributed by atoms with Crippen LogP contribution in [-0.2, 0) is 13.1 Å². The number of hydrogen-bond donors (Lipinski definition) is 2. The molecule has 0 bridgehead atoms. The molecule has 2 aromatic carbocycles. The lowest BCUT2D eigenvalue weighted by molar-refractivity contribution is 0.102. The zero-order chi connectivity index (χ0) is 16.8. The second kappa shape index (κ2) is 8.11. The average molecular weight is 357 g/mol. The highest BCUT2D eigenvalue weighted by molar-refractivity contribution is 7.09. The molecule has 0 aliphatic carbocycles. The number of carbonyl (C=O) groups is 1. The number of rotatable bonds is 6. The summed E-state index contributed by atoms with van der Waals surface area (Å²) >= 11 is 7.80. The van der Waals surface area contributed by atoms with Crippen molar-refractivity contribution in [3.8, 4) is 0 Å². The van der Waals surface area contributed by atoms with Crippen LogP contribution in [0.1, 0.15) is 20.8 Å². The highest BCUT2D eigenvalue weighted by Gasteiger charge is 2.09. The van der Waals surface area contributed by atoms with Crippen LogP contribution >= 0.6 is 22.9 Å². The Morgan fingerprint density at radius 2 is 1.88 bits per heavy atom. The van der Waals surface area contributed by atoms with Gasteiger partial charge in [0, 0.05) is 23.7 Å². The van der Waals surface area contributed by atoms with E-state index in [0.717, 1.165) is 24.3 Å². The standard InChI is InChI=1S/C19H17ClN2OS/c20-18-9-2-1-8-17(18)19(23)22-15-6-3-5-14(11-15)12-21-13-16-7-4-10-24-16/h1-11,21H,12-13H2,(H,22,23). The Morgan fingerprint density at radius 3 is 2.67 bits per heavy atom. The van der Waals surface area contributed by atoms with Crippen LogP contribution < -0.4 is 10.6 Å². The van der Waals surface area contributed by atoms with E-state index in [9.17, 15) is 4.79 Å². The van der Waals surface area contributed by atoms with Crippen molar-refractivity contribution in [3.63, 3.8) is 0 Å². The molecule has 3 rings (SSSR count). The number of anilines is 1. The summed E-state index contributed by atoms with van der Waals surface area (Å²) in [6, 6.07) is 19.0. The van der Waals surface area contributed by atoms with Crippen LogP contribution in [0.25, 0.3) is 0 Å². The van der Waals surface area contributed by atoms with Gasteiger partial charge in [-0.2, -0.15) is 0 Å².